The van der Waals surface area contributed by atoms with Gasteiger partial charge in [-0.1, -0.05) is 48.5 Å². The van der Waals surface area contributed by atoms with Crippen LogP contribution in [0.25, 0.3) is 22.4 Å². The van der Waals surface area contributed by atoms with Crippen LogP contribution in [0.3, 0.4) is 0 Å². The largest absolute Gasteiger partial charge is 0.480 e. The number of aromatic nitrogens is 3. The number of halogens is 4. The number of carboxylic acid groups (broad SMARTS) is 1. The zero-order chi connectivity index (χ0) is 27.4. The van der Waals surface area contributed by atoms with Crippen molar-refractivity contribution in [2.24, 2.45) is 5.73 Å². The van der Waals surface area contributed by atoms with Crippen molar-refractivity contribution in [2.45, 2.75) is 24.7 Å². The Bertz CT molecular complexity index is 1430. The number of rotatable bonds is 8. The fourth-order valence-corrected chi connectivity index (χ4v) is 3.68. The molecule has 0 unspecified atom stereocenters. The summed E-state index contributed by atoms with van der Waals surface area (Å²) in [7, 11) is 0. The molecule has 38 heavy (non-hydrogen) atoms. The highest BCUT2D eigenvalue weighted by atomic mass is 19.4. The number of nitrogens with zero attached hydrogens (tertiary/aromatic N) is 3. The number of hydrogen-bond acceptors (Lipinski definition) is 7. The summed E-state index contributed by atoms with van der Waals surface area (Å²) >= 11 is 0. The molecule has 2 heterocycles. The van der Waals surface area contributed by atoms with Crippen LogP contribution in [0.2, 0.25) is 0 Å². The van der Waals surface area contributed by atoms with E-state index in [2.05, 4.69) is 15.0 Å². The highest BCUT2D eigenvalue weighted by Gasteiger charge is 2.43. The minimum atomic E-state index is -4.80. The van der Waals surface area contributed by atoms with Crippen molar-refractivity contribution in [3.63, 3.8) is 0 Å². The van der Waals surface area contributed by atoms with Crippen molar-refractivity contribution < 1.29 is 32.2 Å². The third-order valence-corrected chi connectivity index (χ3v) is 5.55. The lowest BCUT2D eigenvalue weighted by Crippen LogP contribution is -2.32. The van der Waals surface area contributed by atoms with E-state index in [0.29, 0.717) is 22.3 Å². The van der Waals surface area contributed by atoms with Crippen LogP contribution in [0, 0.1) is 5.95 Å². The molecule has 0 bridgehead atoms. The van der Waals surface area contributed by atoms with Gasteiger partial charge in [-0.05, 0) is 29.2 Å². The number of hydrogen-bond donors (Lipinski definition) is 3. The molecule has 4 aromatic rings. The molecule has 4 rings (SSSR count). The van der Waals surface area contributed by atoms with Gasteiger partial charge in [-0.3, -0.25) is 4.79 Å². The molecule has 0 radical (unpaired) electrons. The summed E-state index contributed by atoms with van der Waals surface area (Å²) in [5.74, 6) is -2.55. The standard InChI is InChI=1S/C26H21F4N5O3/c27-21-12-18(9-10-33-21)15-5-7-17(8-6-15)23(26(28,29)30)38-22-13-20(34-25(32)35-22)16-3-1-14(2-4-16)11-19(31)24(36)37/h1-10,12-13,19,23H,11,31H2,(H,36,37)(H2,32,34,35)/t19-,23-/m0/s1. The second kappa shape index (κ2) is 10.8. The van der Waals surface area contributed by atoms with Crippen molar-refractivity contribution in [3.8, 4) is 28.3 Å². The van der Waals surface area contributed by atoms with E-state index >= 15 is 0 Å². The molecule has 5 N–H and O–H groups in total. The average Bonchev–Trinajstić information content (AvgIpc) is 2.87. The van der Waals surface area contributed by atoms with Gasteiger partial charge < -0.3 is 21.3 Å². The van der Waals surface area contributed by atoms with Gasteiger partial charge in [0, 0.05) is 29.5 Å². The molecule has 0 saturated carbocycles. The van der Waals surface area contributed by atoms with Gasteiger partial charge in [0.15, 0.2) is 0 Å². The highest BCUT2D eigenvalue weighted by molar-refractivity contribution is 5.73. The number of nitrogens with two attached hydrogens (primary N) is 2. The van der Waals surface area contributed by atoms with Crippen LogP contribution in [0.5, 0.6) is 5.88 Å². The van der Waals surface area contributed by atoms with Gasteiger partial charge in [0.25, 0.3) is 0 Å². The van der Waals surface area contributed by atoms with Crippen LogP contribution in [0.1, 0.15) is 17.2 Å². The summed E-state index contributed by atoms with van der Waals surface area (Å²) in [5, 5.41) is 8.96. The van der Waals surface area contributed by atoms with E-state index in [1.165, 1.54) is 48.7 Å². The van der Waals surface area contributed by atoms with Gasteiger partial charge >= 0.3 is 12.1 Å². The number of pyridine rings is 1. The lowest BCUT2D eigenvalue weighted by molar-refractivity contribution is -0.198. The first kappa shape index (κ1) is 26.5. The SMILES string of the molecule is Nc1nc(O[C@@H](c2ccc(-c3ccnc(F)c3)cc2)C(F)(F)F)cc(-c2ccc(C[C@H](N)C(=O)O)cc2)n1. The molecule has 8 nitrogen and oxygen atoms in total. The molecule has 0 amide bonds. The van der Waals surface area contributed by atoms with E-state index in [0.717, 1.165) is 0 Å². The number of aliphatic carboxylic acids is 1. The molecule has 0 aliphatic heterocycles. The molecule has 2 atom stereocenters. The Labute approximate surface area is 213 Å². The summed E-state index contributed by atoms with van der Waals surface area (Å²) in [4.78, 5) is 22.3. The van der Waals surface area contributed by atoms with Gasteiger partial charge in [0.1, 0.15) is 6.04 Å². The summed E-state index contributed by atoms with van der Waals surface area (Å²) in [6.45, 7) is 0. The molecule has 0 fully saturated rings. The Morgan fingerprint density at radius 1 is 0.947 bits per heavy atom. The Morgan fingerprint density at radius 2 is 1.61 bits per heavy atom. The van der Waals surface area contributed by atoms with E-state index in [1.54, 1.807) is 24.3 Å². The first-order valence-electron chi connectivity index (χ1n) is 11.2. The van der Waals surface area contributed by atoms with E-state index in [9.17, 15) is 22.4 Å². The molecule has 2 aromatic heterocycles. The first-order valence-corrected chi connectivity index (χ1v) is 11.2. The topological polar surface area (TPSA) is 137 Å². The molecular weight excluding hydrogens is 506 g/mol. The second-order valence-corrected chi connectivity index (χ2v) is 8.32. The van der Waals surface area contributed by atoms with Gasteiger partial charge in [-0.25, -0.2) is 9.97 Å². The van der Waals surface area contributed by atoms with E-state index < -0.39 is 36.1 Å². The summed E-state index contributed by atoms with van der Waals surface area (Å²) in [6.07, 6.45) is -5.81. The molecule has 0 aliphatic rings. The quantitative estimate of drug-likeness (QED) is 0.224. The van der Waals surface area contributed by atoms with Gasteiger partial charge in [0.05, 0.1) is 5.69 Å². The average molecular weight is 527 g/mol. The van der Waals surface area contributed by atoms with Crippen LogP contribution >= 0.6 is 0 Å². The zero-order valence-corrected chi connectivity index (χ0v) is 19.6. The fourth-order valence-electron chi connectivity index (χ4n) is 3.68. The second-order valence-electron chi connectivity index (χ2n) is 8.32. The Kier molecular flexibility index (Phi) is 7.53. The Hall–Kier alpha value is -4.58. The maximum atomic E-state index is 14.0. The zero-order valence-electron chi connectivity index (χ0n) is 19.6. The number of carboxylic acids is 1. The monoisotopic (exact) mass is 527 g/mol. The summed E-state index contributed by atoms with van der Waals surface area (Å²) in [5.41, 5.74) is 13.4. The van der Waals surface area contributed by atoms with E-state index in [-0.39, 0.29) is 23.6 Å². The van der Waals surface area contributed by atoms with Crippen LogP contribution < -0.4 is 16.2 Å². The van der Waals surface area contributed by atoms with Crippen molar-refractivity contribution >= 4 is 11.9 Å². The number of carbonyl (C=O) groups is 1. The van der Waals surface area contributed by atoms with Gasteiger partial charge in [0.2, 0.25) is 23.9 Å². The fraction of sp³-hybridized carbons (Fsp3) is 0.154. The summed E-state index contributed by atoms with van der Waals surface area (Å²) < 4.78 is 60.6. The summed E-state index contributed by atoms with van der Waals surface area (Å²) in [6, 6.07) is 14.6. The number of ether oxygens (including phenoxy) is 1. The molecule has 12 heteroatoms. The first-order chi connectivity index (χ1) is 18.0. The predicted molar refractivity (Wildman–Crippen MR) is 130 cm³/mol. The molecule has 0 saturated heterocycles. The van der Waals surface area contributed by atoms with Crippen LogP contribution in [0.4, 0.5) is 23.5 Å². The molecular formula is C26H21F4N5O3. The number of benzene rings is 2. The van der Waals surface area contributed by atoms with Crippen LogP contribution in [-0.2, 0) is 11.2 Å². The van der Waals surface area contributed by atoms with E-state index in [4.69, 9.17) is 21.3 Å². The van der Waals surface area contributed by atoms with Crippen molar-refractivity contribution in [3.05, 3.63) is 90.0 Å². The smallest absolute Gasteiger partial charge is 0.429 e. The third kappa shape index (κ3) is 6.40. The molecule has 0 spiro atoms. The van der Waals surface area contributed by atoms with E-state index in [1.807, 2.05) is 0 Å². The van der Waals surface area contributed by atoms with Crippen molar-refractivity contribution in [1.29, 1.82) is 0 Å². The maximum Gasteiger partial charge on any atom is 0.429 e. The van der Waals surface area contributed by atoms with Crippen LogP contribution in [-0.4, -0.2) is 38.2 Å². The Morgan fingerprint density at radius 3 is 2.21 bits per heavy atom. The normalized spacial score (nSPS) is 13.1. The Balaban J connectivity index is 1.58. The molecule has 196 valence electrons. The minimum Gasteiger partial charge on any atom is -0.480 e. The molecule has 2 aromatic carbocycles. The van der Waals surface area contributed by atoms with Gasteiger partial charge in [-0.2, -0.15) is 22.5 Å². The third-order valence-electron chi connectivity index (χ3n) is 5.55. The molecule has 0 aliphatic carbocycles. The van der Waals surface area contributed by atoms with Crippen LogP contribution in [0.15, 0.2) is 72.9 Å². The van der Waals surface area contributed by atoms with Crippen molar-refractivity contribution in [2.75, 3.05) is 5.73 Å². The lowest BCUT2D eigenvalue weighted by Gasteiger charge is -2.22. The van der Waals surface area contributed by atoms with Gasteiger partial charge in [-0.15, -0.1) is 0 Å². The highest BCUT2D eigenvalue weighted by Crippen LogP contribution is 2.38. The lowest BCUT2D eigenvalue weighted by atomic mass is 10.0. The van der Waals surface area contributed by atoms with Crippen molar-refractivity contribution in [1.82, 2.24) is 15.0 Å². The number of alkyl halides is 3. The predicted octanol–water partition coefficient (Wildman–Crippen LogP) is 4.56. The number of anilines is 1. The number of nitrogen functional groups attached to an aromatic ring is 1. The minimum absolute atomic E-state index is 0.0953. The maximum absolute atomic E-state index is 14.0.